The first-order valence-electron chi connectivity index (χ1n) is 6.36. The Morgan fingerprint density at radius 1 is 1.43 bits per heavy atom. The van der Waals surface area contributed by atoms with Crippen LogP contribution in [0.5, 0.6) is 0 Å². The molecule has 2 aromatic rings. The van der Waals surface area contributed by atoms with Gasteiger partial charge in [0, 0.05) is 29.6 Å². The maximum absolute atomic E-state index is 11.9. The zero-order valence-electron chi connectivity index (χ0n) is 12.0. The van der Waals surface area contributed by atoms with Crippen LogP contribution in [0.15, 0.2) is 11.0 Å². The van der Waals surface area contributed by atoms with Gasteiger partial charge in [-0.2, -0.15) is 5.10 Å². The second-order valence-corrected chi connectivity index (χ2v) is 4.73. The summed E-state index contributed by atoms with van der Waals surface area (Å²) >= 11 is 0. The molecular formula is C14H16N4O3. The van der Waals surface area contributed by atoms with Crippen LogP contribution in [0.4, 0.5) is 0 Å². The molecule has 0 aliphatic heterocycles. The fraction of sp³-hybridized carbons (Fsp3) is 0.286. The molecule has 0 bridgehead atoms. The minimum atomic E-state index is -1.06. The number of carboxylic acids is 1. The molecule has 2 heterocycles. The zero-order valence-corrected chi connectivity index (χ0v) is 12.0. The lowest BCUT2D eigenvalue weighted by Gasteiger charge is -2.02. The molecule has 2 rings (SSSR count). The predicted octanol–water partition coefficient (Wildman–Crippen LogP) is 0.918. The Balaban J connectivity index is 2.32. The summed E-state index contributed by atoms with van der Waals surface area (Å²) in [5, 5.41) is 12.9. The zero-order chi connectivity index (χ0) is 15.6. The third kappa shape index (κ3) is 3.25. The monoisotopic (exact) mass is 288 g/mol. The van der Waals surface area contributed by atoms with E-state index in [2.05, 4.69) is 15.1 Å². The average Bonchev–Trinajstić information content (AvgIpc) is 2.72. The van der Waals surface area contributed by atoms with Crippen molar-refractivity contribution in [2.75, 3.05) is 0 Å². The fourth-order valence-corrected chi connectivity index (χ4v) is 1.92. The second-order valence-electron chi connectivity index (χ2n) is 4.73. The first-order chi connectivity index (χ1) is 9.88. The molecule has 0 fully saturated rings. The number of aromatic amines is 1. The first-order valence-corrected chi connectivity index (χ1v) is 6.36. The molecule has 2 aromatic heterocycles. The van der Waals surface area contributed by atoms with Crippen LogP contribution in [-0.4, -0.2) is 30.8 Å². The minimum absolute atomic E-state index is 0.178. The van der Waals surface area contributed by atoms with Crippen LogP contribution in [0.3, 0.4) is 0 Å². The number of aromatic nitrogens is 4. The standard InChI is InChI=1S/C14H16N4O3/c1-8-11(6-13(19)20)14(21)17-12(16-8)5-4-10-7-15-18(3)9(10)2/h4-5,7H,6H2,1-3H3,(H,19,20)(H,16,17,21)/b5-4+. The normalized spacial score (nSPS) is 11.2. The van der Waals surface area contributed by atoms with Gasteiger partial charge in [-0.25, -0.2) is 4.98 Å². The predicted molar refractivity (Wildman–Crippen MR) is 77.8 cm³/mol. The molecule has 0 atom stereocenters. The van der Waals surface area contributed by atoms with Crippen molar-refractivity contribution in [1.29, 1.82) is 0 Å². The van der Waals surface area contributed by atoms with E-state index in [1.807, 2.05) is 14.0 Å². The van der Waals surface area contributed by atoms with E-state index in [1.165, 1.54) is 0 Å². The largest absolute Gasteiger partial charge is 0.481 e. The van der Waals surface area contributed by atoms with Gasteiger partial charge in [-0.15, -0.1) is 0 Å². The molecular weight excluding hydrogens is 272 g/mol. The molecule has 21 heavy (non-hydrogen) atoms. The van der Waals surface area contributed by atoms with Crippen molar-refractivity contribution in [1.82, 2.24) is 19.7 Å². The highest BCUT2D eigenvalue weighted by Crippen LogP contribution is 2.10. The Morgan fingerprint density at radius 2 is 2.14 bits per heavy atom. The third-order valence-corrected chi connectivity index (χ3v) is 3.26. The Kier molecular flexibility index (Phi) is 4.02. The molecule has 0 saturated carbocycles. The summed E-state index contributed by atoms with van der Waals surface area (Å²) in [5.74, 6) is -0.672. The first kappa shape index (κ1) is 14.7. The number of H-pyrrole nitrogens is 1. The molecule has 0 saturated heterocycles. The highest BCUT2D eigenvalue weighted by atomic mass is 16.4. The summed E-state index contributed by atoms with van der Waals surface area (Å²) in [6.45, 7) is 3.56. The van der Waals surface area contributed by atoms with E-state index < -0.39 is 11.5 Å². The Morgan fingerprint density at radius 3 is 2.67 bits per heavy atom. The van der Waals surface area contributed by atoms with Crippen LogP contribution in [0, 0.1) is 13.8 Å². The van der Waals surface area contributed by atoms with E-state index in [0.29, 0.717) is 11.5 Å². The number of rotatable bonds is 4. The number of hydrogen-bond donors (Lipinski definition) is 2. The summed E-state index contributed by atoms with van der Waals surface area (Å²) in [4.78, 5) is 29.4. The summed E-state index contributed by atoms with van der Waals surface area (Å²) in [7, 11) is 1.84. The molecule has 7 nitrogen and oxygen atoms in total. The Labute approximate surface area is 121 Å². The summed E-state index contributed by atoms with van der Waals surface area (Å²) < 4.78 is 1.75. The van der Waals surface area contributed by atoms with Crippen molar-refractivity contribution in [2.45, 2.75) is 20.3 Å². The number of nitrogens with zero attached hydrogens (tertiary/aromatic N) is 3. The molecule has 0 amide bonds. The van der Waals surface area contributed by atoms with Crippen molar-refractivity contribution in [3.05, 3.63) is 44.9 Å². The van der Waals surface area contributed by atoms with Gasteiger partial charge in [-0.3, -0.25) is 14.3 Å². The number of aliphatic carboxylic acids is 1. The number of carbonyl (C=O) groups is 1. The molecule has 0 aliphatic rings. The summed E-state index contributed by atoms with van der Waals surface area (Å²) in [6.07, 6.45) is 4.86. The van der Waals surface area contributed by atoms with Crippen LogP contribution in [0.1, 0.15) is 28.3 Å². The van der Waals surface area contributed by atoms with Crippen molar-refractivity contribution in [2.24, 2.45) is 7.05 Å². The third-order valence-electron chi connectivity index (χ3n) is 3.26. The maximum Gasteiger partial charge on any atom is 0.308 e. The Hall–Kier alpha value is -2.70. The van der Waals surface area contributed by atoms with Crippen LogP contribution in [0.25, 0.3) is 12.2 Å². The molecule has 0 spiro atoms. The van der Waals surface area contributed by atoms with E-state index in [9.17, 15) is 9.59 Å². The van der Waals surface area contributed by atoms with Crippen LogP contribution >= 0.6 is 0 Å². The van der Waals surface area contributed by atoms with Crippen molar-refractivity contribution in [3.8, 4) is 0 Å². The van der Waals surface area contributed by atoms with Gasteiger partial charge in [0.05, 0.1) is 12.6 Å². The van der Waals surface area contributed by atoms with Crippen molar-refractivity contribution < 1.29 is 9.90 Å². The highest BCUT2D eigenvalue weighted by molar-refractivity contribution is 5.71. The van der Waals surface area contributed by atoms with E-state index in [4.69, 9.17) is 5.11 Å². The SMILES string of the molecule is Cc1nc(/C=C/c2cnn(C)c2C)[nH]c(=O)c1CC(=O)O. The lowest BCUT2D eigenvalue weighted by atomic mass is 10.1. The smallest absolute Gasteiger partial charge is 0.308 e. The van der Waals surface area contributed by atoms with Gasteiger partial charge in [-0.05, 0) is 26.0 Å². The minimum Gasteiger partial charge on any atom is -0.481 e. The topological polar surface area (TPSA) is 101 Å². The molecule has 110 valence electrons. The van der Waals surface area contributed by atoms with Gasteiger partial charge >= 0.3 is 5.97 Å². The molecule has 0 radical (unpaired) electrons. The van der Waals surface area contributed by atoms with Gasteiger partial charge in [0.25, 0.3) is 5.56 Å². The van der Waals surface area contributed by atoms with E-state index in [0.717, 1.165) is 11.3 Å². The molecule has 7 heteroatoms. The van der Waals surface area contributed by atoms with Crippen molar-refractivity contribution in [3.63, 3.8) is 0 Å². The average molecular weight is 288 g/mol. The van der Waals surface area contributed by atoms with Gasteiger partial charge in [0.1, 0.15) is 5.82 Å². The number of nitrogens with one attached hydrogen (secondary N) is 1. The molecule has 0 unspecified atom stereocenters. The number of hydrogen-bond acceptors (Lipinski definition) is 4. The molecule has 0 aromatic carbocycles. The lowest BCUT2D eigenvalue weighted by Crippen LogP contribution is -2.20. The van der Waals surface area contributed by atoms with Crippen LogP contribution < -0.4 is 5.56 Å². The molecule has 2 N–H and O–H groups in total. The fourth-order valence-electron chi connectivity index (χ4n) is 1.92. The second kappa shape index (κ2) is 5.74. The van der Waals surface area contributed by atoms with Gasteiger partial charge in [-0.1, -0.05) is 0 Å². The van der Waals surface area contributed by atoms with Gasteiger partial charge in [0.15, 0.2) is 0 Å². The summed E-state index contributed by atoms with van der Waals surface area (Å²) in [5.41, 5.74) is 2.09. The Bertz CT molecular complexity index is 771. The van der Waals surface area contributed by atoms with Crippen LogP contribution in [-0.2, 0) is 18.3 Å². The van der Waals surface area contributed by atoms with Crippen LogP contribution in [0.2, 0.25) is 0 Å². The maximum atomic E-state index is 11.9. The van der Waals surface area contributed by atoms with E-state index in [1.54, 1.807) is 30.0 Å². The summed E-state index contributed by atoms with van der Waals surface area (Å²) in [6, 6.07) is 0. The van der Waals surface area contributed by atoms with E-state index >= 15 is 0 Å². The number of aryl methyl sites for hydroxylation is 2. The van der Waals surface area contributed by atoms with Crippen molar-refractivity contribution >= 4 is 18.1 Å². The molecule has 0 aliphatic carbocycles. The van der Waals surface area contributed by atoms with Gasteiger partial charge in [0.2, 0.25) is 0 Å². The lowest BCUT2D eigenvalue weighted by molar-refractivity contribution is -0.136. The highest BCUT2D eigenvalue weighted by Gasteiger charge is 2.10. The van der Waals surface area contributed by atoms with E-state index in [-0.39, 0.29) is 12.0 Å². The quantitative estimate of drug-likeness (QED) is 0.871. The van der Waals surface area contributed by atoms with Gasteiger partial charge < -0.3 is 10.1 Å². The number of carboxylic acid groups (broad SMARTS) is 1.